The molecule has 1 aromatic carbocycles. The predicted octanol–water partition coefficient (Wildman–Crippen LogP) is 6.89. The van der Waals surface area contributed by atoms with Crippen molar-refractivity contribution in [3.05, 3.63) is 65.5 Å². The third kappa shape index (κ3) is 2.89. The van der Waals surface area contributed by atoms with Crippen LogP contribution in [-0.2, 0) is 4.74 Å². The SMILES string of the molecule is C[C@]12CC=C3C=C4CC[C@H](N5CC[C@@H](F)C5)C[C@]45CC[C@]3(O5)[C@@H]1CCC2c1ccc2ccncc2c1. The molecule has 8 rings (SSSR count). The minimum atomic E-state index is -0.642. The Morgan fingerprint density at radius 1 is 1.08 bits per heavy atom. The van der Waals surface area contributed by atoms with E-state index in [9.17, 15) is 4.39 Å². The number of halogens is 1. The van der Waals surface area contributed by atoms with Crippen LogP contribution in [0.25, 0.3) is 10.8 Å². The van der Waals surface area contributed by atoms with E-state index >= 15 is 0 Å². The van der Waals surface area contributed by atoms with Gasteiger partial charge in [0.1, 0.15) is 6.17 Å². The zero-order chi connectivity index (χ0) is 24.1. The van der Waals surface area contributed by atoms with E-state index < -0.39 is 6.17 Å². The Hall–Kier alpha value is -2.04. The normalized spacial score (nSPS) is 43.6. The van der Waals surface area contributed by atoms with E-state index in [1.165, 1.54) is 40.3 Å². The van der Waals surface area contributed by atoms with Crippen molar-refractivity contribution in [2.45, 2.75) is 94.0 Å². The highest BCUT2D eigenvalue weighted by Gasteiger charge is 2.66. The molecule has 1 aromatic heterocycles. The van der Waals surface area contributed by atoms with Crippen LogP contribution in [0.5, 0.6) is 0 Å². The van der Waals surface area contributed by atoms with Crippen molar-refractivity contribution in [3.63, 3.8) is 0 Å². The lowest BCUT2D eigenvalue weighted by atomic mass is 9.58. The first-order chi connectivity index (χ1) is 17.5. The summed E-state index contributed by atoms with van der Waals surface area (Å²) in [7, 11) is 0. The molecule has 2 spiro atoms. The molecule has 2 aromatic rings. The molecule has 0 amide bonds. The van der Waals surface area contributed by atoms with Crippen molar-refractivity contribution in [2.75, 3.05) is 13.1 Å². The number of hydrogen-bond acceptors (Lipinski definition) is 3. The smallest absolute Gasteiger partial charge is 0.114 e. The molecule has 4 heterocycles. The van der Waals surface area contributed by atoms with Gasteiger partial charge in [-0.05, 0) is 109 Å². The van der Waals surface area contributed by atoms with E-state index in [1.807, 2.05) is 12.4 Å². The number of pyridine rings is 1. The summed E-state index contributed by atoms with van der Waals surface area (Å²) in [5.74, 6) is 1.11. The number of alkyl halides is 1. The monoisotopic (exact) mass is 484 g/mol. The molecule has 7 atom stereocenters. The van der Waals surface area contributed by atoms with Crippen LogP contribution < -0.4 is 0 Å². The summed E-state index contributed by atoms with van der Waals surface area (Å²) in [4.78, 5) is 6.81. The first kappa shape index (κ1) is 22.0. The van der Waals surface area contributed by atoms with Gasteiger partial charge in [-0.1, -0.05) is 31.2 Å². The van der Waals surface area contributed by atoms with Crippen LogP contribution in [0.4, 0.5) is 4.39 Å². The Bertz CT molecular complexity index is 1300. The third-order valence-electron chi connectivity index (χ3n) is 11.4. The number of aromatic nitrogens is 1. The van der Waals surface area contributed by atoms with Gasteiger partial charge in [-0.3, -0.25) is 9.88 Å². The topological polar surface area (TPSA) is 25.4 Å². The van der Waals surface area contributed by atoms with Crippen molar-refractivity contribution in [2.24, 2.45) is 11.3 Å². The van der Waals surface area contributed by atoms with Crippen LogP contribution >= 0.6 is 0 Å². The number of hydrogen-bond donors (Lipinski definition) is 0. The van der Waals surface area contributed by atoms with Crippen molar-refractivity contribution in [1.29, 1.82) is 0 Å². The Kier molecular flexibility index (Phi) is 4.59. The van der Waals surface area contributed by atoms with E-state index in [4.69, 9.17) is 4.74 Å². The molecule has 2 saturated heterocycles. The largest absolute Gasteiger partial charge is 0.359 e. The highest BCUT2D eigenvalue weighted by atomic mass is 19.1. The molecular weight excluding hydrogens is 447 g/mol. The van der Waals surface area contributed by atoms with Crippen LogP contribution in [0.2, 0.25) is 0 Å². The highest BCUT2D eigenvalue weighted by Crippen LogP contribution is 2.69. The molecule has 2 saturated carbocycles. The third-order valence-corrected chi connectivity index (χ3v) is 11.4. The maximum Gasteiger partial charge on any atom is 0.114 e. The van der Waals surface area contributed by atoms with E-state index in [-0.39, 0.29) is 16.6 Å². The maximum absolute atomic E-state index is 14.0. The lowest BCUT2D eigenvalue weighted by molar-refractivity contribution is -0.140. The molecule has 2 bridgehead atoms. The van der Waals surface area contributed by atoms with Crippen LogP contribution in [0.15, 0.2) is 60.0 Å². The van der Waals surface area contributed by atoms with Gasteiger partial charge in [-0.25, -0.2) is 4.39 Å². The van der Waals surface area contributed by atoms with Crippen molar-refractivity contribution < 1.29 is 9.13 Å². The Balaban J connectivity index is 1.14. The van der Waals surface area contributed by atoms with Gasteiger partial charge in [0.2, 0.25) is 0 Å². The second kappa shape index (κ2) is 7.51. The van der Waals surface area contributed by atoms with Crippen LogP contribution in [0, 0.1) is 11.3 Å². The zero-order valence-corrected chi connectivity index (χ0v) is 21.4. The minimum absolute atomic E-state index is 0.111. The molecule has 3 aliphatic heterocycles. The number of fused-ring (bicyclic) bond motifs is 2. The minimum Gasteiger partial charge on any atom is -0.359 e. The fraction of sp³-hybridized carbons (Fsp3) is 0.594. The summed E-state index contributed by atoms with van der Waals surface area (Å²) >= 11 is 0. The Labute approximate surface area is 213 Å². The first-order valence-corrected chi connectivity index (χ1v) is 14.3. The summed E-state index contributed by atoms with van der Waals surface area (Å²) in [6.07, 6.45) is 18.3. The van der Waals surface area contributed by atoms with Gasteiger partial charge in [0.25, 0.3) is 0 Å². The molecule has 188 valence electrons. The summed E-state index contributed by atoms with van der Waals surface area (Å²) in [6, 6.07) is 9.63. The van der Waals surface area contributed by atoms with Crippen LogP contribution in [-0.4, -0.2) is 46.4 Å². The standard InChI is InChI=1S/C32H37FN2O/c1-30-11-8-25-17-24-4-5-27(35-15-10-26(33)20-35)18-31(24)12-13-32(25,36-31)29(30)7-6-28(30)22-3-2-21-9-14-34-19-23(21)16-22/h2-3,8-9,14,16-17,19,26-29H,4-7,10-13,15,18,20H2,1H3/t26-,27+,28?,29-,30-,31-,32-/m1/s1. The lowest BCUT2D eigenvalue weighted by Gasteiger charge is -2.55. The number of benzene rings is 1. The predicted molar refractivity (Wildman–Crippen MR) is 141 cm³/mol. The summed E-state index contributed by atoms with van der Waals surface area (Å²) in [5.41, 5.74) is 4.47. The lowest BCUT2D eigenvalue weighted by Crippen LogP contribution is -2.55. The zero-order valence-electron chi connectivity index (χ0n) is 21.4. The van der Waals surface area contributed by atoms with Crippen molar-refractivity contribution in [3.8, 4) is 0 Å². The number of allylic oxidation sites excluding steroid dienone is 1. The average Bonchev–Trinajstić information content (AvgIpc) is 3.57. The molecule has 0 radical (unpaired) electrons. The fourth-order valence-corrected chi connectivity index (χ4v) is 9.64. The number of nitrogens with zero attached hydrogens (tertiary/aromatic N) is 2. The second-order valence-electron chi connectivity index (χ2n) is 13.0. The van der Waals surface area contributed by atoms with E-state index in [0.29, 0.717) is 30.8 Å². The summed E-state index contributed by atoms with van der Waals surface area (Å²) in [5, 5.41) is 2.52. The summed E-state index contributed by atoms with van der Waals surface area (Å²) < 4.78 is 21.5. The fourth-order valence-electron chi connectivity index (χ4n) is 9.64. The summed E-state index contributed by atoms with van der Waals surface area (Å²) in [6.45, 7) is 4.09. The molecule has 36 heavy (non-hydrogen) atoms. The number of likely N-dealkylation sites (tertiary alicyclic amines) is 1. The molecule has 4 fully saturated rings. The number of rotatable bonds is 2. The van der Waals surface area contributed by atoms with Gasteiger partial charge in [-0.2, -0.15) is 0 Å². The van der Waals surface area contributed by atoms with E-state index in [1.54, 1.807) is 0 Å². The molecule has 3 aliphatic carbocycles. The van der Waals surface area contributed by atoms with Gasteiger partial charge < -0.3 is 4.74 Å². The number of ether oxygens (including phenoxy) is 1. The van der Waals surface area contributed by atoms with Gasteiger partial charge in [0.05, 0.1) is 11.2 Å². The van der Waals surface area contributed by atoms with Gasteiger partial charge in [0.15, 0.2) is 0 Å². The highest BCUT2D eigenvalue weighted by molar-refractivity contribution is 5.82. The van der Waals surface area contributed by atoms with E-state index in [0.717, 1.165) is 45.1 Å². The second-order valence-corrected chi connectivity index (χ2v) is 13.0. The van der Waals surface area contributed by atoms with Gasteiger partial charge >= 0.3 is 0 Å². The van der Waals surface area contributed by atoms with Crippen molar-refractivity contribution >= 4 is 10.8 Å². The van der Waals surface area contributed by atoms with Crippen molar-refractivity contribution in [1.82, 2.24) is 9.88 Å². The Morgan fingerprint density at radius 2 is 2.03 bits per heavy atom. The molecule has 0 N–H and O–H groups in total. The molecule has 6 aliphatic rings. The Morgan fingerprint density at radius 3 is 2.92 bits per heavy atom. The van der Waals surface area contributed by atoms with Gasteiger partial charge in [-0.15, -0.1) is 0 Å². The van der Waals surface area contributed by atoms with Crippen LogP contribution in [0.1, 0.15) is 76.2 Å². The van der Waals surface area contributed by atoms with E-state index in [2.05, 4.69) is 53.2 Å². The van der Waals surface area contributed by atoms with Crippen LogP contribution in [0.3, 0.4) is 0 Å². The maximum atomic E-state index is 14.0. The molecule has 1 unspecified atom stereocenters. The molecular formula is C32H37FN2O. The van der Waals surface area contributed by atoms with Gasteiger partial charge in [0, 0.05) is 36.9 Å². The average molecular weight is 485 g/mol. The molecule has 3 nitrogen and oxygen atoms in total. The quantitative estimate of drug-likeness (QED) is 0.464. The molecule has 4 heteroatoms. The first-order valence-electron chi connectivity index (χ1n) is 14.3.